The fourth-order valence-corrected chi connectivity index (χ4v) is 3.05. The number of ether oxygens (including phenoxy) is 1. The van der Waals surface area contributed by atoms with E-state index in [-0.39, 0.29) is 11.2 Å². The monoisotopic (exact) mass is 206 g/mol. The number of hydrogen-bond donors (Lipinski definition) is 0. The van der Waals surface area contributed by atoms with Crippen LogP contribution in [0.1, 0.15) is 51.4 Å². The third-order valence-electron chi connectivity index (χ3n) is 4.05. The third-order valence-corrected chi connectivity index (χ3v) is 4.05. The Kier molecular flexibility index (Phi) is 3.01. The van der Waals surface area contributed by atoms with Gasteiger partial charge in [0.05, 0.1) is 11.2 Å². The van der Waals surface area contributed by atoms with Crippen LogP contribution in [0.2, 0.25) is 0 Å². The van der Waals surface area contributed by atoms with E-state index >= 15 is 0 Å². The zero-order valence-electron chi connectivity index (χ0n) is 9.63. The van der Waals surface area contributed by atoms with Crippen molar-refractivity contribution in [3.8, 4) is 0 Å². The zero-order valence-corrected chi connectivity index (χ0v) is 9.63. The van der Waals surface area contributed by atoms with Gasteiger partial charge in [0, 0.05) is 0 Å². The van der Waals surface area contributed by atoms with Gasteiger partial charge < -0.3 is 4.74 Å². The van der Waals surface area contributed by atoms with Crippen LogP contribution in [0.5, 0.6) is 0 Å². The van der Waals surface area contributed by atoms with Gasteiger partial charge in [-0.3, -0.25) is 0 Å². The summed E-state index contributed by atoms with van der Waals surface area (Å²) in [7, 11) is 0. The highest BCUT2D eigenvalue weighted by molar-refractivity contribution is 5.08. The van der Waals surface area contributed by atoms with E-state index in [9.17, 15) is 0 Å². The molecule has 15 heavy (non-hydrogen) atoms. The third kappa shape index (κ3) is 2.03. The van der Waals surface area contributed by atoms with E-state index in [1.54, 1.807) is 0 Å². The second-order valence-corrected chi connectivity index (χ2v) is 5.05. The molecule has 2 fully saturated rings. The molecule has 0 spiro atoms. The molecule has 1 heteroatoms. The number of rotatable bonds is 4. The summed E-state index contributed by atoms with van der Waals surface area (Å²) in [6.45, 7) is 7.93. The van der Waals surface area contributed by atoms with Gasteiger partial charge in [-0.2, -0.15) is 0 Å². The first-order chi connectivity index (χ1) is 7.24. The molecule has 0 aromatic carbocycles. The van der Waals surface area contributed by atoms with E-state index < -0.39 is 0 Å². The molecule has 0 N–H and O–H groups in total. The second kappa shape index (κ2) is 4.13. The minimum absolute atomic E-state index is 0.0431. The van der Waals surface area contributed by atoms with Crippen molar-refractivity contribution in [1.82, 2.24) is 0 Å². The molecule has 2 aliphatic rings. The lowest BCUT2D eigenvalue weighted by molar-refractivity contribution is -0.100. The molecule has 0 aliphatic heterocycles. The summed E-state index contributed by atoms with van der Waals surface area (Å²) in [4.78, 5) is 0. The van der Waals surface area contributed by atoms with Crippen molar-refractivity contribution < 1.29 is 4.74 Å². The predicted octanol–water partition coefficient (Wildman–Crippen LogP) is 4.00. The molecule has 0 saturated heterocycles. The summed E-state index contributed by atoms with van der Waals surface area (Å²) in [5, 5.41) is 0. The minimum Gasteiger partial charge on any atom is -0.360 e. The first kappa shape index (κ1) is 10.9. The fourth-order valence-electron chi connectivity index (χ4n) is 3.05. The van der Waals surface area contributed by atoms with Gasteiger partial charge in [-0.1, -0.05) is 37.8 Å². The molecule has 1 nitrogen and oxygen atoms in total. The summed E-state index contributed by atoms with van der Waals surface area (Å²) in [6, 6.07) is 0. The lowest BCUT2D eigenvalue weighted by Crippen LogP contribution is -2.38. The first-order valence-corrected chi connectivity index (χ1v) is 6.22. The van der Waals surface area contributed by atoms with Crippen LogP contribution >= 0.6 is 0 Å². The summed E-state index contributed by atoms with van der Waals surface area (Å²) in [6.07, 6.45) is 13.8. The molecule has 0 unspecified atom stereocenters. The zero-order chi connectivity index (χ0) is 10.8. The van der Waals surface area contributed by atoms with Crippen LogP contribution in [0, 0.1) is 0 Å². The van der Waals surface area contributed by atoms with E-state index in [1.807, 2.05) is 12.2 Å². The summed E-state index contributed by atoms with van der Waals surface area (Å²) in [5.41, 5.74) is -0.0862. The van der Waals surface area contributed by atoms with Gasteiger partial charge in [0.25, 0.3) is 0 Å². The van der Waals surface area contributed by atoms with Gasteiger partial charge >= 0.3 is 0 Å². The smallest absolute Gasteiger partial charge is 0.0871 e. The summed E-state index contributed by atoms with van der Waals surface area (Å²) < 4.78 is 6.41. The highest BCUT2D eigenvalue weighted by Crippen LogP contribution is 2.43. The van der Waals surface area contributed by atoms with Crippen molar-refractivity contribution >= 4 is 0 Å². The average Bonchev–Trinajstić information content (AvgIpc) is 2.89. The Bertz CT molecular complexity index is 216. The maximum Gasteiger partial charge on any atom is 0.0871 e. The SMILES string of the molecule is C=CC1(OC2(C=C)CCCC2)CCCC1. The van der Waals surface area contributed by atoms with Crippen LogP contribution in [-0.4, -0.2) is 11.2 Å². The Labute approximate surface area is 93.2 Å². The summed E-state index contributed by atoms with van der Waals surface area (Å²) in [5.74, 6) is 0. The van der Waals surface area contributed by atoms with Crippen LogP contribution in [-0.2, 0) is 4.74 Å². The molecule has 2 rings (SSSR count). The van der Waals surface area contributed by atoms with Crippen LogP contribution in [0.15, 0.2) is 25.3 Å². The van der Waals surface area contributed by atoms with Gasteiger partial charge in [-0.15, -0.1) is 13.2 Å². The average molecular weight is 206 g/mol. The molecule has 0 aromatic rings. The quantitative estimate of drug-likeness (QED) is 0.632. The largest absolute Gasteiger partial charge is 0.360 e. The van der Waals surface area contributed by atoms with Gasteiger partial charge in [0.2, 0.25) is 0 Å². The lowest BCUT2D eigenvalue weighted by atomic mass is 9.96. The van der Waals surface area contributed by atoms with E-state index in [2.05, 4.69) is 13.2 Å². The molecular formula is C14H22O. The van der Waals surface area contributed by atoms with Gasteiger partial charge in [-0.05, 0) is 25.7 Å². The molecule has 0 heterocycles. The molecule has 0 bridgehead atoms. The Morgan fingerprint density at radius 2 is 1.07 bits per heavy atom. The molecule has 0 amide bonds. The van der Waals surface area contributed by atoms with Crippen LogP contribution in [0.4, 0.5) is 0 Å². The van der Waals surface area contributed by atoms with E-state index in [0.29, 0.717) is 0 Å². The Morgan fingerprint density at radius 1 is 0.733 bits per heavy atom. The predicted molar refractivity (Wildman–Crippen MR) is 63.9 cm³/mol. The van der Waals surface area contributed by atoms with Gasteiger partial charge in [0.15, 0.2) is 0 Å². The number of hydrogen-bond acceptors (Lipinski definition) is 1. The molecule has 0 radical (unpaired) electrons. The van der Waals surface area contributed by atoms with Crippen molar-refractivity contribution in [3.63, 3.8) is 0 Å². The van der Waals surface area contributed by atoms with Gasteiger partial charge in [0.1, 0.15) is 0 Å². The molecule has 2 aliphatic carbocycles. The Morgan fingerprint density at radius 3 is 1.33 bits per heavy atom. The van der Waals surface area contributed by atoms with E-state index in [1.165, 1.54) is 25.7 Å². The van der Waals surface area contributed by atoms with Crippen LogP contribution in [0.25, 0.3) is 0 Å². The first-order valence-electron chi connectivity index (χ1n) is 6.22. The Balaban J connectivity index is 2.10. The lowest BCUT2D eigenvalue weighted by Gasteiger charge is -2.37. The minimum atomic E-state index is -0.0431. The van der Waals surface area contributed by atoms with Crippen molar-refractivity contribution in [2.75, 3.05) is 0 Å². The topological polar surface area (TPSA) is 9.23 Å². The highest BCUT2D eigenvalue weighted by Gasteiger charge is 2.41. The van der Waals surface area contributed by atoms with E-state index in [4.69, 9.17) is 4.74 Å². The maximum atomic E-state index is 6.41. The van der Waals surface area contributed by atoms with Crippen molar-refractivity contribution in [2.45, 2.75) is 62.6 Å². The molecular weight excluding hydrogens is 184 g/mol. The fraction of sp³-hybridized carbons (Fsp3) is 0.714. The van der Waals surface area contributed by atoms with Crippen LogP contribution in [0.3, 0.4) is 0 Å². The van der Waals surface area contributed by atoms with Gasteiger partial charge in [-0.25, -0.2) is 0 Å². The summed E-state index contributed by atoms with van der Waals surface area (Å²) >= 11 is 0. The molecule has 84 valence electrons. The Hall–Kier alpha value is -0.560. The van der Waals surface area contributed by atoms with Crippen LogP contribution < -0.4 is 0 Å². The molecule has 2 saturated carbocycles. The maximum absolute atomic E-state index is 6.41. The van der Waals surface area contributed by atoms with Crippen molar-refractivity contribution in [1.29, 1.82) is 0 Å². The van der Waals surface area contributed by atoms with Crippen molar-refractivity contribution in [3.05, 3.63) is 25.3 Å². The molecule has 0 aromatic heterocycles. The standard InChI is InChI=1S/C14H22O/c1-3-13(9-5-6-10-13)15-14(4-2)11-7-8-12-14/h3-4H,1-2,5-12H2. The normalized spacial score (nSPS) is 27.7. The second-order valence-electron chi connectivity index (χ2n) is 5.05. The van der Waals surface area contributed by atoms with E-state index in [0.717, 1.165) is 25.7 Å². The molecule has 0 atom stereocenters. The highest BCUT2D eigenvalue weighted by atomic mass is 16.5. The van der Waals surface area contributed by atoms with Crippen molar-refractivity contribution in [2.24, 2.45) is 0 Å².